The van der Waals surface area contributed by atoms with E-state index in [2.05, 4.69) is 155 Å². The summed E-state index contributed by atoms with van der Waals surface area (Å²) >= 11 is 0. The van der Waals surface area contributed by atoms with Crippen LogP contribution < -0.4 is 0 Å². The molecule has 0 bridgehead atoms. The fourth-order valence-corrected chi connectivity index (χ4v) is 13.3. The second-order valence-electron chi connectivity index (χ2n) is 27.1. The van der Waals surface area contributed by atoms with Gasteiger partial charge in [0.05, 0.1) is 24.2 Å². The molecule has 0 unspecified atom stereocenters. The number of rotatable bonds is 13. The monoisotopic (exact) mass is 1050 g/mol. The van der Waals surface area contributed by atoms with Gasteiger partial charge >= 0.3 is 5.97 Å². The van der Waals surface area contributed by atoms with Crippen LogP contribution in [0, 0.1) is 35.5 Å². The van der Waals surface area contributed by atoms with Crippen LogP contribution in [-0.4, -0.2) is 101 Å². The van der Waals surface area contributed by atoms with Crippen molar-refractivity contribution in [3.05, 3.63) is 35.5 Å². The van der Waals surface area contributed by atoms with Crippen LogP contribution in [0.15, 0.2) is 35.5 Å². The minimum atomic E-state index is -2.76. The van der Waals surface area contributed by atoms with Crippen molar-refractivity contribution in [2.75, 3.05) is 13.7 Å². The average Bonchev–Trinajstić information content (AvgIpc) is 3.18. The molecule has 14 heteroatoms. The van der Waals surface area contributed by atoms with Crippen molar-refractivity contribution >= 4 is 56.6 Å². The van der Waals surface area contributed by atoms with Gasteiger partial charge in [0.2, 0.25) is 0 Å². The Morgan fingerprint density at radius 1 is 0.671 bits per heavy atom. The van der Waals surface area contributed by atoms with Crippen molar-refractivity contribution in [3.63, 3.8) is 0 Å². The highest BCUT2D eigenvalue weighted by Gasteiger charge is 2.51. The first kappa shape index (κ1) is 66.4. The molecule has 1 aliphatic rings. The van der Waals surface area contributed by atoms with Crippen molar-refractivity contribution in [1.29, 1.82) is 0 Å². The van der Waals surface area contributed by atoms with Gasteiger partial charge < -0.3 is 27.2 Å². The fraction of sp³-hybridized carbons (Fsp3) is 0.821. The Balaban J connectivity index is 4.67. The maximum atomic E-state index is 15.9. The zero-order valence-corrected chi connectivity index (χ0v) is 54.2. The molecule has 0 radical (unpaired) electrons. The van der Waals surface area contributed by atoms with Gasteiger partial charge in [0, 0.05) is 37.2 Å². The number of methoxy groups -OCH3 is 1. The molecule has 0 N–H and O–H groups in total. The molecule has 0 aromatic heterocycles. The average molecular weight is 1050 g/mol. The van der Waals surface area contributed by atoms with E-state index in [9.17, 15) is 4.79 Å². The number of hydrogen-bond donors (Lipinski definition) is 0. The summed E-state index contributed by atoms with van der Waals surface area (Å²) in [5.74, 6) is -5.08. The standard InChI is InChI=1S/C56H106O10Si4/c1-30-31-36(2)32-38(4)49(65-69(26,27)55(15,16)17)43-35-62-52(60)51(66-70(28,29)56(18,19)20)50(61-21)42(8)46(58)41(7)48(64-68(24,25)54(12,13)14)39(5)33-37(3)44(57)34-45(40(6)47(43)59)63-67(22,23)53(9,10)11/h30-33,36-37,40-43,45,48-51H,34-35H2,1-29H3/b31-30-,38-32+,39-33+/t36-,37-,40+,41-,42+,43-,45-,48-,49+,50-,51+/m0/s1. The fourth-order valence-electron chi connectivity index (χ4n) is 7.93. The van der Waals surface area contributed by atoms with Gasteiger partial charge in [-0.05, 0) is 110 Å². The third kappa shape index (κ3) is 17.2. The topological polar surface area (TPSA) is 124 Å². The Hall–Kier alpha value is -1.63. The number of esters is 1. The molecule has 0 aromatic carbocycles. The number of carbonyl (C=O) groups excluding carboxylic acids is 4. The normalized spacial score (nSPS) is 28.8. The van der Waals surface area contributed by atoms with Gasteiger partial charge in [-0.25, -0.2) is 4.79 Å². The third-order valence-corrected chi connectivity index (χ3v) is 34.9. The quantitative estimate of drug-likeness (QED) is 0.100. The first-order valence-corrected chi connectivity index (χ1v) is 37.9. The van der Waals surface area contributed by atoms with Crippen LogP contribution in [-0.2, 0) is 46.4 Å². The lowest BCUT2D eigenvalue weighted by molar-refractivity contribution is -0.166. The Bertz CT molecular complexity index is 1870. The number of carbonyl (C=O) groups is 4. The molecule has 1 aliphatic heterocycles. The first-order valence-electron chi connectivity index (χ1n) is 26.2. The van der Waals surface area contributed by atoms with E-state index in [0.29, 0.717) is 0 Å². The van der Waals surface area contributed by atoms with Crippen LogP contribution in [0.5, 0.6) is 0 Å². The second kappa shape index (κ2) is 24.8. The molecule has 406 valence electrons. The van der Waals surface area contributed by atoms with Crippen molar-refractivity contribution in [2.24, 2.45) is 35.5 Å². The van der Waals surface area contributed by atoms with Gasteiger partial charge in [-0.1, -0.05) is 142 Å². The predicted octanol–water partition coefficient (Wildman–Crippen LogP) is 14.5. The van der Waals surface area contributed by atoms with Gasteiger partial charge in [-0.2, -0.15) is 0 Å². The van der Waals surface area contributed by atoms with Gasteiger partial charge in [0.1, 0.15) is 30.1 Å². The summed E-state index contributed by atoms with van der Waals surface area (Å²) in [5, 5.41) is -0.967. The molecule has 11 atom stereocenters. The van der Waals surface area contributed by atoms with Crippen LogP contribution in [0.25, 0.3) is 0 Å². The van der Waals surface area contributed by atoms with Crippen LogP contribution in [0.3, 0.4) is 0 Å². The molecule has 0 saturated heterocycles. The number of ether oxygens (including phenoxy) is 2. The molecule has 70 heavy (non-hydrogen) atoms. The van der Waals surface area contributed by atoms with E-state index >= 15 is 14.4 Å². The maximum Gasteiger partial charge on any atom is 0.336 e. The highest BCUT2D eigenvalue weighted by molar-refractivity contribution is 6.75. The summed E-state index contributed by atoms with van der Waals surface area (Å²) in [6.07, 6.45) is 3.53. The summed E-state index contributed by atoms with van der Waals surface area (Å²) in [7, 11) is -9.00. The molecule has 0 saturated carbocycles. The zero-order chi connectivity index (χ0) is 55.3. The Morgan fingerprint density at radius 2 is 1.11 bits per heavy atom. The van der Waals surface area contributed by atoms with E-state index in [-0.39, 0.29) is 56.4 Å². The highest BCUT2D eigenvalue weighted by Crippen LogP contribution is 2.44. The number of ketones is 3. The van der Waals surface area contributed by atoms with Crippen LogP contribution >= 0.6 is 0 Å². The van der Waals surface area contributed by atoms with Gasteiger partial charge in [-0.15, -0.1) is 0 Å². The van der Waals surface area contributed by atoms with Gasteiger partial charge in [-0.3, -0.25) is 14.4 Å². The van der Waals surface area contributed by atoms with E-state index in [1.54, 1.807) is 6.92 Å². The van der Waals surface area contributed by atoms with Crippen LogP contribution in [0.1, 0.15) is 145 Å². The van der Waals surface area contributed by atoms with Crippen molar-refractivity contribution < 1.29 is 46.4 Å². The molecule has 0 amide bonds. The number of allylic oxidation sites excluding steroid dienone is 4. The summed E-state index contributed by atoms with van der Waals surface area (Å²) in [4.78, 5) is 61.1. The Morgan fingerprint density at radius 3 is 1.54 bits per heavy atom. The zero-order valence-electron chi connectivity index (χ0n) is 50.2. The smallest absolute Gasteiger partial charge is 0.336 e. The molecule has 0 spiro atoms. The van der Waals surface area contributed by atoms with Crippen molar-refractivity contribution in [3.8, 4) is 0 Å². The molecule has 0 fully saturated rings. The minimum Gasteiger partial charge on any atom is -0.463 e. The van der Waals surface area contributed by atoms with E-state index in [1.807, 2.05) is 53.7 Å². The van der Waals surface area contributed by atoms with Gasteiger partial charge in [0.25, 0.3) is 0 Å². The van der Waals surface area contributed by atoms with E-state index in [0.717, 1.165) is 11.1 Å². The second-order valence-corrected chi connectivity index (χ2v) is 46.1. The lowest BCUT2D eigenvalue weighted by atomic mass is 9.81. The maximum absolute atomic E-state index is 15.9. The van der Waals surface area contributed by atoms with E-state index in [1.165, 1.54) is 7.11 Å². The summed E-state index contributed by atoms with van der Waals surface area (Å²) in [6.45, 7) is 57.8. The van der Waals surface area contributed by atoms with Crippen molar-refractivity contribution in [1.82, 2.24) is 0 Å². The predicted molar refractivity (Wildman–Crippen MR) is 301 cm³/mol. The Labute approximate surface area is 433 Å². The third-order valence-electron chi connectivity index (χ3n) is 17.1. The molecule has 10 nitrogen and oxygen atoms in total. The van der Waals surface area contributed by atoms with Crippen molar-refractivity contribution in [2.45, 2.75) is 248 Å². The lowest BCUT2D eigenvalue weighted by Gasteiger charge is -2.44. The molecular weight excluding hydrogens is 945 g/mol. The highest BCUT2D eigenvalue weighted by atomic mass is 28.4. The largest absolute Gasteiger partial charge is 0.463 e. The molecule has 1 heterocycles. The number of hydrogen-bond acceptors (Lipinski definition) is 10. The molecule has 1 rings (SSSR count). The lowest BCUT2D eigenvalue weighted by Crippen LogP contribution is -2.55. The summed E-state index contributed by atoms with van der Waals surface area (Å²) in [5.41, 5.74) is 1.62. The van der Waals surface area contributed by atoms with Gasteiger partial charge in [0.15, 0.2) is 39.4 Å². The SMILES string of the molecule is C/C=C\[C@H](C)/C=C(\C)[C@@H](O[Si](C)(C)C(C)(C)C)[C@H]1COC(=O)[C@H](O[Si](C)(C)C(C)(C)C)[C@@H](OC)[C@H](C)C(=O)[C@H](C)[C@@H](O[Si](C)(C)C(C)(C)C)/C(C)=C/[C@H](C)C(=O)C[C@H](O[Si](C)(C)C(C)(C)C)[C@@H](C)C1=O. The minimum absolute atomic E-state index is 0.0188. The molecular formula is C56H106O10Si4. The molecule has 0 aromatic rings. The Kier molecular flexibility index (Phi) is 23.5. The van der Waals surface area contributed by atoms with Crippen LogP contribution in [0.2, 0.25) is 72.5 Å². The summed E-state index contributed by atoms with van der Waals surface area (Å²) in [6, 6.07) is 0. The number of cyclic esters (lactones) is 1. The van der Waals surface area contributed by atoms with Crippen LogP contribution in [0.4, 0.5) is 0 Å². The number of Topliss-reactive ketones (excluding diaryl/α,β-unsaturated/α-hetero) is 3. The van der Waals surface area contributed by atoms with E-state index < -0.39 is 99.3 Å². The summed E-state index contributed by atoms with van der Waals surface area (Å²) < 4.78 is 41.4. The van der Waals surface area contributed by atoms with E-state index in [4.69, 9.17) is 27.2 Å². The molecule has 0 aliphatic carbocycles. The first-order chi connectivity index (χ1) is 31.2.